The van der Waals surface area contributed by atoms with E-state index in [-0.39, 0.29) is 30.3 Å². The number of benzene rings is 2. The molecule has 0 atom stereocenters. The van der Waals surface area contributed by atoms with Crippen LogP contribution in [0.25, 0.3) is 16.8 Å². The third-order valence-electron chi connectivity index (χ3n) is 4.52. The summed E-state index contributed by atoms with van der Waals surface area (Å²) in [7, 11) is 0. The molecule has 3 N–H and O–H groups in total. The number of ether oxygens (including phenoxy) is 2. The fraction of sp³-hybridized carbons (Fsp3) is 0.158. The number of fused-ring (bicyclic) bond motifs is 1. The summed E-state index contributed by atoms with van der Waals surface area (Å²) in [6.07, 6.45) is -2.34. The number of H-pyrrole nitrogens is 1. The molecule has 0 unspecified atom stereocenters. The zero-order valence-corrected chi connectivity index (χ0v) is 14.9. The van der Waals surface area contributed by atoms with Crippen molar-refractivity contribution in [3.8, 4) is 28.3 Å². The number of hydrogen-bond acceptors (Lipinski definition) is 5. The summed E-state index contributed by atoms with van der Waals surface area (Å²) in [5, 5.41) is 5.89. The van der Waals surface area contributed by atoms with Gasteiger partial charge in [-0.15, -0.1) is 0 Å². The lowest BCUT2D eigenvalue weighted by Gasteiger charge is -2.10. The van der Waals surface area contributed by atoms with E-state index in [0.717, 1.165) is 4.57 Å². The van der Waals surface area contributed by atoms with Crippen LogP contribution in [0.1, 0.15) is 5.82 Å². The van der Waals surface area contributed by atoms with Gasteiger partial charge >= 0.3 is 5.69 Å². The van der Waals surface area contributed by atoms with Gasteiger partial charge in [-0.05, 0) is 35.4 Å². The zero-order valence-electron chi connectivity index (χ0n) is 14.9. The summed E-state index contributed by atoms with van der Waals surface area (Å²) in [4.78, 5) is 12.1. The van der Waals surface area contributed by atoms with Crippen molar-refractivity contribution in [2.45, 2.75) is 6.42 Å². The van der Waals surface area contributed by atoms with Crippen LogP contribution in [0, 0.1) is 5.82 Å². The first-order valence-corrected chi connectivity index (χ1v) is 8.57. The lowest BCUT2D eigenvalue weighted by Crippen LogP contribution is -2.19. The third kappa shape index (κ3) is 3.49. The molecule has 0 amide bonds. The molecule has 0 fully saturated rings. The van der Waals surface area contributed by atoms with E-state index in [1.165, 1.54) is 12.1 Å². The summed E-state index contributed by atoms with van der Waals surface area (Å²) >= 11 is 0. The van der Waals surface area contributed by atoms with Crippen molar-refractivity contribution < 1.29 is 22.6 Å². The molecule has 10 heteroatoms. The predicted octanol–water partition coefficient (Wildman–Crippen LogP) is 2.75. The number of hydrogen-bond donors (Lipinski definition) is 2. The van der Waals surface area contributed by atoms with E-state index in [2.05, 4.69) is 10.2 Å². The van der Waals surface area contributed by atoms with Crippen LogP contribution in [-0.4, -0.2) is 28.1 Å². The number of halogens is 3. The highest BCUT2D eigenvalue weighted by atomic mass is 19.3. The summed E-state index contributed by atoms with van der Waals surface area (Å²) in [6.45, 7) is -0.286. The van der Waals surface area contributed by atoms with Crippen LogP contribution in [0.5, 0.6) is 11.5 Å². The van der Waals surface area contributed by atoms with Gasteiger partial charge in [-0.3, -0.25) is 0 Å². The molecular weight excluding hydrogens is 389 g/mol. The minimum absolute atomic E-state index is 0.0713. The van der Waals surface area contributed by atoms with Crippen molar-refractivity contribution in [2.75, 3.05) is 13.3 Å². The highest BCUT2D eigenvalue weighted by Crippen LogP contribution is 2.36. The van der Waals surface area contributed by atoms with Gasteiger partial charge in [-0.1, -0.05) is 12.1 Å². The lowest BCUT2D eigenvalue weighted by molar-refractivity contribution is 0.174. The second-order valence-electron chi connectivity index (χ2n) is 6.26. The molecule has 150 valence electrons. The Morgan fingerprint density at radius 2 is 1.86 bits per heavy atom. The predicted molar refractivity (Wildman–Crippen MR) is 97.7 cm³/mol. The Kier molecular flexibility index (Phi) is 4.85. The summed E-state index contributed by atoms with van der Waals surface area (Å²) in [5.41, 5.74) is 5.30. The maximum Gasteiger partial charge on any atom is 0.348 e. The average molecular weight is 404 g/mol. The maximum absolute atomic E-state index is 14.9. The molecule has 1 aliphatic rings. The van der Waals surface area contributed by atoms with E-state index >= 15 is 0 Å². The number of nitrogens with two attached hydrogens (primary N) is 1. The SMILES string of the molecule is NCC(Cc1n[nH]c(=O)n1-c1ccc(-c2ccc3c(c2)OCO3)cc1F)=C(F)F. The molecule has 0 spiro atoms. The van der Waals surface area contributed by atoms with Crippen LogP contribution >= 0.6 is 0 Å². The zero-order chi connectivity index (χ0) is 20.5. The van der Waals surface area contributed by atoms with Crippen molar-refractivity contribution >= 4 is 0 Å². The Morgan fingerprint density at radius 3 is 2.59 bits per heavy atom. The molecule has 0 radical (unpaired) electrons. The first-order chi connectivity index (χ1) is 14.0. The molecule has 0 saturated heterocycles. The van der Waals surface area contributed by atoms with Gasteiger partial charge < -0.3 is 15.2 Å². The number of rotatable bonds is 5. The molecule has 0 aliphatic carbocycles. The van der Waals surface area contributed by atoms with E-state index in [9.17, 15) is 18.0 Å². The average Bonchev–Trinajstić information content (AvgIpc) is 3.31. The molecule has 1 aromatic heterocycles. The summed E-state index contributed by atoms with van der Waals surface area (Å²) < 4.78 is 52.2. The quantitative estimate of drug-likeness (QED) is 0.682. The van der Waals surface area contributed by atoms with Crippen LogP contribution in [0.15, 0.2) is 52.8 Å². The number of aromatic nitrogens is 3. The minimum Gasteiger partial charge on any atom is -0.454 e. The summed E-state index contributed by atoms with van der Waals surface area (Å²) in [5.74, 6) is 0.362. The van der Waals surface area contributed by atoms with E-state index < -0.39 is 24.1 Å². The Morgan fingerprint density at radius 1 is 1.14 bits per heavy atom. The Labute approximate surface area is 162 Å². The van der Waals surface area contributed by atoms with Gasteiger partial charge in [0, 0.05) is 18.5 Å². The number of aromatic amines is 1. The molecular formula is C19H15F3N4O3. The first kappa shape index (κ1) is 18.8. The monoisotopic (exact) mass is 404 g/mol. The highest BCUT2D eigenvalue weighted by molar-refractivity contribution is 5.68. The minimum atomic E-state index is -1.95. The molecule has 4 rings (SSSR count). The van der Waals surface area contributed by atoms with Crippen molar-refractivity contribution in [1.82, 2.24) is 14.8 Å². The second-order valence-corrected chi connectivity index (χ2v) is 6.26. The van der Waals surface area contributed by atoms with E-state index in [1.807, 2.05) is 0 Å². The third-order valence-corrected chi connectivity index (χ3v) is 4.52. The first-order valence-electron chi connectivity index (χ1n) is 8.57. The van der Waals surface area contributed by atoms with Crippen LogP contribution in [0.2, 0.25) is 0 Å². The van der Waals surface area contributed by atoms with Gasteiger partial charge in [0.05, 0.1) is 5.69 Å². The van der Waals surface area contributed by atoms with Crippen LogP contribution < -0.4 is 20.9 Å². The van der Waals surface area contributed by atoms with Gasteiger partial charge in [0.2, 0.25) is 6.79 Å². The standard InChI is InChI=1S/C19H15F3N4O3/c20-13-5-10(11-2-4-15-16(6-11)29-9-28-15)1-3-14(13)26-17(24-25-19(26)27)7-12(8-23)18(21)22/h1-6H,7-9,23H2,(H,25,27). The smallest absolute Gasteiger partial charge is 0.348 e. The molecule has 1 aliphatic heterocycles. The Bertz CT molecular complexity index is 1170. The van der Waals surface area contributed by atoms with Crippen molar-refractivity contribution in [3.63, 3.8) is 0 Å². The molecule has 2 heterocycles. The Balaban J connectivity index is 1.72. The van der Waals surface area contributed by atoms with E-state index in [1.54, 1.807) is 24.3 Å². The largest absolute Gasteiger partial charge is 0.454 e. The van der Waals surface area contributed by atoms with Crippen molar-refractivity contribution in [3.05, 3.63) is 70.2 Å². The summed E-state index contributed by atoms with van der Waals surface area (Å²) in [6, 6.07) is 9.41. The normalized spacial score (nSPS) is 12.3. The molecule has 29 heavy (non-hydrogen) atoms. The van der Waals surface area contributed by atoms with Gasteiger partial charge in [-0.25, -0.2) is 18.9 Å². The van der Waals surface area contributed by atoms with Crippen LogP contribution in [0.4, 0.5) is 13.2 Å². The van der Waals surface area contributed by atoms with E-state index in [0.29, 0.717) is 22.6 Å². The maximum atomic E-state index is 14.9. The molecule has 0 bridgehead atoms. The molecule has 0 saturated carbocycles. The topological polar surface area (TPSA) is 95.2 Å². The van der Waals surface area contributed by atoms with Gasteiger partial charge in [-0.2, -0.15) is 13.9 Å². The molecule has 2 aromatic carbocycles. The van der Waals surface area contributed by atoms with Crippen LogP contribution in [-0.2, 0) is 6.42 Å². The Hall–Kier alpha value is -3.53. The van der Waals surface area contributed by atoms with Gasteiger partial charge in [0.1, 0.15) is 11.6 Å². The number of nitrogens with one attached hydrogen (secondary N) is 1. The van der Waals surface area contributed by atoms with Crippen molar-refractivity contribution in [1.29, 1.82) is 0 Å². The van der Waals surface area contributed by atoms with Crippen LogP contribution in [0.3, 0.4) is 0 Å². The van der Waals surface area contributed by atoms with E-state index in [4.69, 9.17) is 15.2 Å². The van der Waals surface area contributed by atoms with Crippen molar-refractivity contribution in [2.24, 2.45) is 5.73 Å². The van der Waals surface area contributed by atoms with Gasteiger partial charge in [0.25, 0.3) is 6.08 Å². The lowest BCUT2D eigenvalue weighted by atomic mass is 10.0. The molecule has 3 aromatic rings. The molecule has 7 nitrogen and oxygen atoms in total. The highest BCUT2D eigenvalue weighted by Gasteiger charge is 2.19. The fourth-order valence-corrected chi connectivity index (χ4v) is 3.05. The second kappa shape index (κ2) is 7.47. The van der Waals surface area contributed by atoms with Gasteiger partial charge in [0.15, 0.2) is 11.5 Å². The fourth-order valence-electron chi connectivity index (χ4n) is 3.05. The number of nitrogens with zero attached hydrogens (tertiary/aromatic N) is 2.